The number of alkyl halides is 3. The van der Waals surface area contributed by atoms with E-state index < -0.39 is 11.7 Å². The van der Waals surface area contributed by atoms with E-state index >= 15 is 0 Å². The number of ether oxygens (including phenoxy) is 1. The van der Waals surface area contributed by atoms with Crippen molar-refractivity contribution < 1.29 is 22.7 Å². The predicted molar refractivity (Wildman–Crippen MR) is 107 cm³/mol. The molecule has 0 atom stereocenters. The number of rotatable bonds is 7. The molecule has 1 heterocycles. The zero-order valence-electron chi connectivity index (χ0n) is 16.8. The molecule has 0 radical (unpaired) electrons. The zero-order valence-corrected chi connectivity index (χ0v) is 16.8. The van der Waals surface area contributed by atoms with E-state index in [9.17, 15) is 18.0 Å². The molecular formula is C23H25F3N2O2. The van der Waals surface area contributed by atoms with Gasteiger partial charge in [0.1, 0.15) is 12.4 Å². The van der Waals surface area contributed by atoms with Crippen molar-refractivity contribution in [1.29, 1.82) is 0 Å². The van der Waals surface area contributed by atoms with E-state index in [0.717, 1.165) is 38.0 Å². The number of hydrogen-bond donors (Lipinski definition) is 1. The first-order chi connectivity index (χ1) is 14.3. The molecule has 0 bridgehead atoms. The monoisotopic (exact) mass is 418 g/mol. The van der Waals surface area contributed by atoms with Gasteiger partial charge in [-0.1, -0.05) is 24.3 Å². The Hall–Kier alpha value is -2.54. The third-order valence-electron chi connectivity index (χ3n) is 5.75. The Kier molecular flexibility index (Phi) is 5.73. The SMILES string of the molecule is CNC(=O)C1CN(Cc2ccc(OCc3ccc(C4CC4)c(C(F)(F)F)c3)cc2)C1. The molecule has 0 unspecified atom stereocenters. The molecule has 1 aliphatic carbocycles. The summed E-state index contributed by atoms with van der Waals surface area (Å²) in [7, 11) is 1.65. The lowest BCUT2D eigenvalue weighted by molar-refractivity contribution is -0.138. The average molecular weight is 418 g/mol. The van der Waals surface area contributed by atoms with Crippen LogP contribution in [-0.2, 0) is 24.1 Å². The van der Waals surface area contributed by atoms with Crippen molar-refractivity contribution in [2.24, 2.45) is 5.92 Å². The smallest absolute Gasteiger partial charge is 0.416 e. The second-order valence-corrected chi connectivity index (χ2v) is 8.13. The third-order valence-corrected chi connectivity index (χ3v) is 5.75. The maximum atomic E-state index is 13.4. The van der Waals surface area contributed by atoms with Gasteiger partial charge < -0.3 is 10.1 Å². The predicted octanol–water partition coefficient (Wildman–Crippen LogP) is 4.34. The summed E-state index contributed by atoms with van der Waals surface area (Å²) in [5.41, 5.74) is 1.48. The van der Waals surface area contributed by atoms with Crippen LogP contribution in [0.2, 0.25) is 0 Å². The third kappa shape index (κ3) is 4.78. The standard InChI is InChI=1S/C23H25F3N2O2/c1-27-22(29)18-12-28(13-18)11-15-2-7-19(8-3-15)30-14-16-4-9-20(17-5-6-17)21(10-16)23(24,25)26/h2-4,7-10,17-18H,5-6,11-14H2,1H3,(H,27,29). The Bertz CT molecular complexity index is 902. The van der Waals surface area contributed by atoms with E-state index in [1.165, 1.54) is 6.07 Å². The van der Waals surface area contributed by atoms with Crippen molar-refractivity contribution in [3.05, 3.63) is 64.7 Å². The van der Waals surface area contributed by atoms with Crippen molar-refractivity contribution in [1.82, 2.24) is 10.2 Å². The number of carbonyl (C=O) groups excluding carboxylic acids is 1. The van der Waals surface area contributed by atoms with Crippen molar-refractivity contribution in [3.8, 4) is 5.75 Å². The van der Waals surface area contributed by atoms with Crippen LogP contribution in [0.25, 0.3) is 0 Å². The van der Waals surface area contributed by atoms with Gasteiger partial charge in [-0.15, -0.1) is 0 Å². The topological polar surface area (TPSA) is 41.6 Å². The fraction of sp³-hybridized carbons (Fsp3) is 0.435. The number of likely N-dealkylation sites (tertiary alicyclic amines) is 1. The van der Waals surface area contributed by atoms with Crippen molar-refractivity contribution in [3.63, 3.8) is 0 Å². The zero-order chi connectivity index (χ0) is 21.3. The highest BCUT2D eigenvalue weighted by molar-refractivity contribution is 5.79. The average Bonchev–Trinajstić information content (AvgIpc) is 3.53. The van der Waals surface area contributed by atoms with Gasteiger partial charge >= 0.3 is 6.18 Å². The summed E-state index contributed by atoms with van der Waals surface area (Å²) in [6, 6.07) is 12.1. The molecule has 1 amide bonds. The molecule has 2 aromatic rings. The quantitative estimate of drug-likeness (QED) is 0.727. The lowest BCUT2D eigenvalue weighted by Gasteiger charge is -2.38. The number of nitrogens with one attached hydrogen (secondary N) is 1. The number of hydrogen-bond acceptors (Lipinski definition) is 3. The Balaban J connectivity index is 1.32. The van der Waals surface area contributed by atoms with Crippen LogP contribution < -0.4 is 10.1 Å². The minimum Gasteiger partial charge on any atom is -0.489 e. The maximum Gasteiger partial charge on any atom is 0.416 e. The van der Waals surface area contributed by atoms with Gasteiger partial charge in [-0.3, -0.25) is 9.69 Å². The van der Waals surface area contributed by atoms with Crippen LogP contribution in [0.5, 0.6) is 5.75 Å². The number of carbonyl (C=O) groups is 1. The molecule has 2 aliphatic rings. The highest BCUT2D eigenvalue weighted by Gasteiger charge is 2.38. The van der Waals surface area contributed by atoms with Crippen LogP contribution in [0.4, 0.5) is 13.2 Å². The van der Waals surface area contributed by atoms with E-state index in [0.29, 0.717) is 16.9 Å². The van der Waals surface area contributed by atoms with E-state index in [4.69, 9.17) is 4.74 Å². The van der Waals surface area contributed by atoms with Gasteiger partial charge in [0.05, 0.1) is 11.5 Å². The van der Waals surface area contributed by atoms with Crippen LogP contribution in [0.3, 0.4) is 0 Å². The molecule has 0 spiro atoms. The minimum absolute atomic E-state index is 0.0437. The molecule has 1 saturated carbocycles. The highest BCUT2D eigenvalue weighted by Crippen LogP contribution is 2.46. The van der Waals surface area contributed by atoms with E-state index in [1.807, 2.05) is 24.3 Å². The van der Waals surface area contributed by atoms with Gasteiger partial charge in [0.25, 0.3) is 0 Å². The summed E-state index contributed by atoms with van der Waals surface area (Å²) in [6.45, 7) is 2.34. The van der Waals surface area contributed by atoms with Crippen LogP contribution in [0, 0.1) is 5.92 Å². The molecule has 2 aromatic carbocycles. The van der Waals surface area contributed by atoms with Gasteiger partial charge in [0.15, 0.2) is 0 Å². The molecule has 0 aromatic heterocycles. The van der Waals surface area contributed by atoms with E-state index in [1.54, 1.807) is 19.2 Å². The van der Waals surface area contributed by atoms with Crippen LogP contribution in [0.1, 0.15) is 41.0 Å². The van der Waals surface area contributed by atoms with Crippen molar-refractivity contribution >= 4 is 5.91 Å². The van der Waals surface area contributed by atoms with Gasteiger partial charge in [-0.2, -0.15) is 13.2 Å². The Morgan fingerprint density at radius 2 is 1.77 bits per heavy atom. The summed E-state index contributed by atoms with van der Waals surface area (Å²) >= 11 is 0. The molecule has 2 fully saturated rings. The fourth-order valence-corrected chi connectivity index (χ4v) is 3.87. The highest BCUT2D eigenvalue weighted by atomic mass is 19.4. The second kappa shape index (κ2) is 8.30. The second-order valence-electron chi connectivity index (χ2n) is 8.13. The van der Waals surface area contributed by atoms with E-state index in [-0.39, 0.29) is 24.3 Å². The number of amides is 1. The maximum absolute atomic E-state index is 13.4. The fourth-order valence-electron chi connectivity index (χ4n) is 3.87. The molecule has 1 aliphatic heterocycles. The Morgan fingerprint density at radius 1 is 1.10 bits per heavy atom. The molecule has 1 saturated heterocycles. The molecular weight excluding hydrogens is 393 g/mol. The van der Waals surface area contributed by atoms with Gasteiger partial charge in [0.2, 0.25) is 5.91 Å². The minimum atomic E-state index is -4.34. The summed E-state index contributed by atoms with van der Waals surface area (Å²) < 4.78 is 45.9. The molecule has 4 rings (SSSR count). The number of nitrogens with zero attached hydrogens (tertiary/aromatic N) is 1. The first-order valence-electron chi connectivity index (χ1n) is 10.2. The summed E-state index contributed by atoms with van der Waals surface area (Å²) in [5, 5.41) is 2.66. The first-order valence-corrected chi connectivity index (χ1v) is 10.2. The summed E-state index contributed by atoms with van der Waals surface area (Å²) in [5.74, 6) is 0.798. The van der Waals surface area contributed by atoms with Crippen molar-refractivity contribution in [2.45, 2.75) is 38.1 Å². The van der Waals surface area contributed by atoms with Gasteiger partial charge in [0, 0.05) is 26.7 Å². The lowest BCUT2D eigenvalue weighted by atomic mass is 9.98. The van der Waals surface area contributed by atoms with E-state index in [2.05, 4.69) is 10.2 Å². The molecule has 1 N–H and O–H groups in total. The summed E-state index contributed by atoms with van der Waals surface area (Å²) in [6.07, 6.45) is -2.69. The Morgan fingerprint density at radius 3 is 2.37 bits per heavy atom. The molecule has 4 nitrogen and oxygen atoms in total. The van der Waals surface area contributed by atoms with Crippen LogP contribution in [-0.4, -0.2) is 30.9 Å². The summed E-state index contributed by atoms with van der Waals surface area (Å²) in [4.78, 5) is 13.7. The number of halogens is 3. The number of benzene rings is 2. The molecule has 30 heavy (non-hydrogen) atoms. The van der Waals surface area contributed by atoms with Crippen molar-refractivity contribution in [2.75, 3.05) is 20.1 Å². The molecule has 7 heteroatoms. The molecule has 160 valence electrons. The van der Waals surface area contributed by atoms with Crippen LogP contribution in [0.15, 0.2) is 42.5 Å². The van der Waals surface area contributed by atoms with Crippen LogP contribution >= 0.6 is 0 Å². The first kappa shape index (κ1) is 20.7. The largest absolute Gasteiger partial charge is 0.489 e. The normalized spacial score (nSPS) is 17.5. The van der Waals surface area contributed by atoms with Gasteiger partial charge in [-0.05, 0) is 53.6 Å². The lowest BCUT2D eigenvalue weighted by Crippen LogP contribution is -2.52. The van der Waals surface area contributed by atoms with Gasteiger partial charge in [-0.25, -0.2) is 0 Å². The Labute approximate surface area is 174 Å².